The molecule has 164 valence electrons. The molecule has 0 amide bonds. The molecule has 1 unspecified atom stereocenters. The van der Waals surface area contributed by atoms with Crippen molar-refractivity contribution in [1.82, 2.24) is 14.4 Å². The van der Waals surface area contributed by atoms with Crippen molar-refractivity contribution in [2.45, 2.75) is 55.6 Å². The Labute approximate surface area is 183 Å². The molecule has 0 aromatic carbocycles. The molecule has 3 atom stereocenters. The maximum absolute atomic E-state index is 14.8. The maximum atomic E-state index is 14.8. The molecule has 29 heavy (non-hydrogen) atoms. The SMILES string of the molecule is CC(C)(C)[S+]([O-])N[C@@](CF)(C[SH]1(=O)NCCC[C@@]1(C)C#N)c1nc(Br)ccc1F. The first kappa shape index (κ1) is 24.6. The van der Waals surface area contributed by atoms with Crippen LogP contribution in [-0.4, -0.2) is 42.2 Å². The highest BCUT2D eigenvalue weighted by Crippen LogP contribution is 2.38. The minimum Gasteiger partial charge on any atom is -0.598 e. The highest BCUT2D eigenvalue weighted by atomic mass is 79.9. The number of nitrogens with zero attached hydrogens (tertiary/aromatic N) is 2. The number of hydrogen-bond donors (Lipinski definition) is 3. The first-order valence-corrected chi connectivity index (χ1v) is 13.0. The van der Waals surface area contributed by atoms with Crippen LogP contribution in [0.1, 0.15) is 46.2 Å². The van der Waals surface area contributed by atoms with Crippen LogP contribution in [0.15, 0.2) is 16.7 Å². The van der Waals surface area contributed by atoms with Gasteiger partial charge in [-0.05, 0) is 78.7 Å². The summed E-state index contributed by atoms with van der Waals surface area (Å²) in [6.45, 7) is 5.81. The van der Waals surface area contributed by atoms with Gasteiger partial charge in [0.1, 0.15) is 37.8 Å². The highest BCUT2D eigenvalue weighted by Gasteiger charge is 2.52. The van der Waals surface area contributed by atoms with Crippen LogP contribution in [0.3, 0.4) is 0 Å². The number of hydrogen-bond acceptors (Lipinski definition) is 5. The molecule has 2 rings (SSSR count). The molecule has 0 saturated carbocycles. The molecule has 2 N–H and O–H groups in total. The first-order valence-electron chi connectivity index (χ1n) is 9.16. The van der Waals surface area contributed by atoms with Crippen molar-refractivity contribution in [3.05, 3.63) is 28.2 Å². The average molecular weight is 513 g/mol. The molecule has 6 nitrogen and oxygen atoms in total. The standard InChI is InChI=1S/C18H27BrF2N4O2S2/c1-16(2,3)28(26)25-18(10-20,15-13(21)6-7-14(19)24-15)12-29(27)17(4,11-22)8-5-9-23-29/h6-7,25,29H,5,8-10,12H2,1-4H3,(H,23,27)/t17-,18-,28?/m0/s1. The Morgan fingerprint density at radius 1 is 1.52 bits per heavy atom. The number of nitrogens with one attached hydrogen (secondary N) is 2. The normalized spacial score (nSPS) is 26.2. The molecule has 11 heteroatoms. The number of aromatic nitrogens is 1. The minimum absolute atomic E-state index is 0.257. The van der Waals surface area contributed by atoms with Crippen molar-refractivity contribution in [1.29, 1.82) is 5.26 Å². The van der Waals surface area contributed by atoms with E-state index >= 15 is 0 Å². The molecule has 1 fully saturated rings. The second kappa shape index (κ2) is 8.85. The Balaban J connectivity index is 2.65. The number of pyridine rings is 1. The number of alkyl halides is 1. The van der Waals surface area contributed by atoms with Gasteiger partial charge in [0.25, 0.3) is 0 Å². The third-order valence-electron chi connectivity index (χ3n) is 5.08. The van der Waals surface area contributed by atoms with Crippen LogP contribution in [0.2, 0.25) is 0 Å². The van der Waals surface area contributed by atoms with Crippen LogP contribution in [0, 0.1) is 17.1 Å². The molecular weight excluding hydrogens is 486 g/mol. The summed E-state index contributed by atoms with van der Waals surface area (Å²) >= 11 is 1.34. The molecule has 1 aromatic heterocycles. The summed E-state index contributed by atoms with van der Waals surface area (Å²) < 4.78 is 60.1. The number of nitriles is 1. The predicted molar refractivity (Wildman–Crippen MR) is 116 cm³/mol. The number of rotatable bonds is 6. The lowest BCUT2D eigenvalue weighted by atomic mass is 9.99. The zero-order chi connectivity index (χ0) is 22.1. The van der Waals surface area contributed by atoms with Crippen molar-refractivity contribution in [3.8, 4) is 6.07 Å². The lowest BCUT2D eigenvalue weighted by molar-refractivity contribution is 0.290. The van der Waals surface area contributed by atoms with E-state index in [1.54, 1.807) is 27.7 Å². The Morgan fingerprint density at radius 3 is 2.72 bits per heavy atom. The van der Waals surface area contributed by atoms with Gasteiger partial charge in [-0.3, -0.25) is 8.93 Å². The Morgan fingerprint density at radius 2 is 2.17 bits per heavy atom. The monoisotopic (exact) mass is 512 g/mol. The van der Waals surface area contributed by atoms with Crippen LogP contribution in [0.25, 0.3) is 0 Å². The molecule has 1 saturated heterocycles. The van der Waals surface area contributed by atoms with Gasteiger partial charge in [0.15, 0.2) is 0 Å². The summed E-state index contributed by atoms with van der Waals surface area (Å²) in [5, 5.41) is 9.70. The summed E-state index contributed by atoms with van der Waals surface area (Å²) in [5.74, 6) is -1.26. The van der Waals surface area contributed by atoms with Crippen molar-refractivity contribution >= 4 is 37.4 Å². The molecule has 1 aromatic rings. The summed E-state index contributed by atoms with van der Waals surface area (Å²) in [4.78, 5) is 4.09. The van der Waals surface area contributed by atoms with Gasteiger partial charge >= 0.3 is 0 Å². The van der Waals surface area contributed by atoms with E-state index in [2.05, 4.69) is 36.4 Å². The van der Waals surface area contributed by atoms with E-state index in [1.165, 1.54) is 6.07 Å². The Kier molecular flexibility index (Phi) is 7.51. The van der Waals surface area contributed by atoms with E-state index in [1.807, 2.05) is 0 Å². The van der Waals surface area contributed by atoms with Crippen molar-refractivity contribution in [2.24, 2.45) is 0 Å². The fraction of sp³-hybridized carbons (Fsp3) is 0.667. The highest BCUT2D eigenvalue weighted by molar-refractivity contribution is 9.10. The molecule has 0 radical (unpaired) electrons. The summed E-state index contributed by atoms with van der Waals surface area (Å²) in [5.41, 5.74) is -2.26. The van der Waals surface area contributed by atoms with Gasteiger partial charge in [0, 0.05) is 23.7 Å². The van der Waals surface area contributed by atoms with Gasteiger partial charge in [-0.25, -0.2) is 13.8 Å². The smallest absolute Gasteiger partial charge is 0.147 e. The van der Waals surface area contributed by atoms with Crippen LogP contribution < -0.4 is 9.44 Å². The van der Waals surface area contributed by atoms with Gasteiger partial charge in [0.05, 0.1) is 6.07 Å². The quantitative estimate of drug-likeness (QED) is 0.309. The van der Waals surface area contributed by atoms with E-state index in [9.17, 15) is 22.8 Å². The maximum Gasteiger partial charge on any atom is 0.147 e. The van der Waals surface area contributed by atoms with E-state index in [-0.39, 0.29) is 10.3 Å². The third kappa shape index (κ3) is 4.99. The molecule has 0 bridgehead atoms. The Hall–Kier alpha value is -0.640. The summed E-state index contributed by atoms with van der Waals surface area (Å²) in [6.07, 6.45) is 1.01. The van der Waals surface area contributed by atoms with Crippen LogP contribution >= 0.6 is 15.9 Å². The molecular formula is C18H27BrF2N4O2S2. The molecule has 1 aliphatic heterocycles. The summed E-state index contributed by atoms with van der Waals surface area (Å²) in [7, 11) is -3.55. The topological polar surface area (TPSA) is 101 Å². The average Bonchev–Trinajstić information content (AvgIpc) is 2.65. The third-order valence-corrected chi connectivity index (χ3v) is 10.8. The van der Waals surface area contributed by atoms with Crippen LogP contribution in [-0.2, 0) is 27.0 Å². The van der Waals surface area contributed by atoms with Crippen molar-refractivity contribution in [2.75, 3.05) is 19.0 Å². The summed E-state index contributed by atoms with van der Waals surface area (Å²) in [6, 6.07) is 4.58. The molecule has 2 heterocycles. The number of halogens is 3. The Bertz CT molecular complexity index is 848. The van der Waals surface area contributed by atoms with E-state index in [0.29, 0.717) is 19.4 Å². The van der Waals surface area contributed by atoms with Crippen molar-refractivity contribution < 1.29 is 17.5 Å². The zero-order valence-electron chi connectivity index (χ0n) is 16.9. The van der Waals surface area contributed by atoms with Crippen molar-refractivity contribution in [3.63, 3.8) is 0 Å². The molecule has 1 aliphatic rings. The fourth-order valence-electron chi connectivity index (χ4n) is 3.17. The van der Waals surface area contributed by atoms with Gasteiger partial charge in [0.2, 0.25) is 0 Å². The fourth-order valence-corrected chi connectivity index (χ4v) is 7.55. The van der Waals surface area contributed by atoms with Gasteiger partial charge in [-0.1, -0.05) is 0 Å². The lowest BCUT2D eigenvalue weighted by Gasteiger charge is -2.46. The lowest BCUT2D eigenvalue weighted by Crippen LogP contribution is -2.64. The first-order chi connectivity index (χ1) is 13.3. The van der Waals surface area contributed by atoms with Gasteiger partial charge in [-0.15, -0.1) is 4.72 Å². The van der Waals surface area contributed by atoms with Crippen LogP contribution in [0.4, 0.5) is 8.78 Å². The molecule has 0 spiro atoms. The number of thiol groups is 1. The van der Waals surface area contributed by atoms with E-state index in [4.69, 9.17) is 0 Å². The van der Waals surface area contributed by atoms with E-state index < -0.39 is 54.8 Å². The van der Waals surface area contributed by atoms with Gasteiger partial charge in [-0.2, -0.15) is 5.26 Å². The van der Waals surface area contributed by atoms with E-state index in [0.717, 1.165) is 6.07 Å². The largest absolute Gasteiger partial charge is 0.598 e. The minimum atomic E-state index is -3.55. The second-order valence-corrected chi connectivity index (χ2v) is 14.3. The second-order valence-electron chi connectivity index (χ2n) is 8.46. The predicted octanol–water partition coefficient (Wildman–Crippen LogP) is 2.80. The zero-order valence-corrected chi connectivity index (χ0v) is 20.2. The van der Waals surface area contributed by atoms with Crippen LogP contribution in [0.5, 0.6) is 0 Å². The van der Waals surface area contributed by atoms with Gasteiger partial charge < -0.3 is 4.55 Å². The molecule has 0 aliphatic carbocycles.